The number of hydrogen-bond acceptors (Lipinski definition) is 5. The van der Waals surface area contributed by atoms with E-state index in [0.29, 0.717) is 12.6 Å². The lowest BCUT2D eigenvalue weighted by Crippen LogP contribution is -2.53. The molecule has 1 unspecified atom stereocenters. The van der Waals surface area contributed by atoms with Crippen molar-refractivity contribution in [1.82, 2.24) is 15.5 Å². The first-order valence-corrected chi connectivity index (χ1v) is 9.94. The molecule has 6 nitrogen and oxygen atoms in total. The molecule has 0 spiro atoms. The highest BCUT2D eigenvalue weighted by molar-refractivity contribution is 14.1. The lowest BCUT2D eigenvalue weighted by molar-refractivity contribution is -0.123. The molecule has 0 saturated carbocycles. The normalized spacial score (nSPS) is 19.2. The molecule has 23 heavy (non-hydrogen) atoms. The largest absolute Gasteiger partial charge is 0.448 e. The smallest absolute Gasteiger partial charge is 0.407 e. The number of alkyl carbamates (subject to hydrolysis) is 1. The molecule has 0 aromatic carbocycles. The summed E-state index contributed by atoms with van der Waals surface area (Å²) >= 11 is 6.33. The number of likely N-dealkylation sites (tertiary alicyclic amines) is 1. The van der Waals surface area contributed by atoms with Gasteiger partial charge in [-0.05, 0) is 26.7 Å². The molecule has 134 valence electrons. The number of amides is 2. The fraction of sp³-hybridized carbons (Fsp3) is 0.867. The summed E-state index contributed by atoms with van der Waals surface area (Å²) in [5.41, 5.74) is 0. The van der Waals surface area contributed by atoms with Crippen LogP contribution in [0.25, 0.3) is 0 Å². The quantitative estimate of drug-likeness (QED) is 0.310. The van der Waals surface area contributed by atoms with Gasteiger partial charge in [-0.2, -0.15) is 12.6 Å². The lowest BCUT2D eigenvalue weighted by Gasteiger charge is -2.35. The van der Waals surface area contributed by atoms with Crippen molar-refractivity contribution >= 4 is 47.2 Å². The number of halogens is 1. The number of carbonyl (C=O) groups excluding carboxylic acids is 2. The average molecular weight is 457 g/mol. The monoisotopic (exact) mass is 457 g/mol. The molecule has 1 rings (SSSR count). The Bertz CT molecular complexity index is 388. The molecule has 0 aliphatic carbocycles. The molecule has 0 aromatic rings. The molecule has 2 atom stereocenters. The zero-order valence-electron chi connectivity index (χ0n) is 14.0. The minimum atomic E-state index is -0.668. The highest BCUT2D eigenvalue weighted by Gasteiger charge is 2.26. The molecule has 0 radical (unpaired) electrons. The van der Waals surface area contributed by atoms with Crippen LogP contribution in [0.3, 0.4) is 0 Å². The maximum absolute atomic E-state index is 12.3. The lowest BCUT2D eigenvalue weighted by atomic mass is 10.0. The fourth-order valence-corrected chi connectivity index (χ4v) is 2.87. The zero-order valence-corrected chi connectivity index (χ0v) is 17.1. The SMILES string of the molecule is CC(I)COC(=O)N[C@@H](CS)C(=O)NC1CCN(C(C)C)CC1. The van der Waals surface area contributed by atoms with E-state index >= 15 is 0 Å². The number of nitrogens with one attached hydrogen (secondary N) is 2. The number of thiol groups is 1. The van der Waals surface area contributed by atoms with E-state index in [1.807, 2.05) is 6.92 Å². The summed E-state index contributed by atoms with van der Waals surface area (Å²) in [6.45, 7) is 8.60. The van der Waals surface area contributed by atoms with Crippen LogP contribution < -0.4 is 10.6 Å². The maximum Gasteiger partial charge on any atom is 0.407 e. The molecule has 1 aliphatic heterocycles. The number of hydrogen-bond donors (Lipinski definition) is 3. The van der Waals surface area contributed by atoms with Gasteiger partial charge in [-0.15, -0.1) is 0 Å². The van der Waals surface area contributed by atoms with Crippen LogP contribution in [0.15, 0.2) is 0 Å². The van der Waals surface area contributed by atoms with Gasteiger partial charge in [0.25, 0.3) is 0 Å². The van der Waals surface area contributed by atoms with Gasteiger partial charge in [-0.3, -0.25) is 4.79 Å². The molecule has 1 aliphatic rings. The number of nitrogens with zero attached hydrogens (tertiary/aromatic N) is 1. The number of carbonyl (C=O) groups is 2. The second-order valence-electron chi connectivity index (χ2n) is 6.17. The van der Waals surface area contributed by atoms with Gasteiger partial charge in [0.15, 0.2) is 0 Å². The number of ether oxygens (including phenoxy) is 1. The van der Waals surface area contributed by atoms with Gasteiger partial charge in [0, 0.05) is 34.9 Å². The summed E-state index contributed by atoms with van der Waals surface area (Å²) in [5, 5.41) is 5.59. The van der Waals surface area contributed by atoms with E-state index in [2.05, 4.69) is 64.6 Å². The Morgan fingerprint density at radius 3 is 2.39 bits per heavy atom. The second kappa shape index (κ2) is 10.6. The van der Waals surface area contributed by atoms with Gasteiger partial charge in [0.1, 0.15) is 12.6 Å². The average Bonchev–Trinajstić information content (AvgIpc) is 2.50. The molecule has 2 amide bonds. The van der Waals surface area contributed by atoms with Gasteiger partial charge in [0.2, 0.25) is 5.91 Å². The van der Waals surface area contributed by atoms with Crippen LogP contribution in [0.1, 0.15) is 33.6 Å². The maximum atomic E-state index is 12.3. The standard InChI is InChI=1S/C15H28IN3O3S/c1-10(2)19-6-4-12(5-7-19)17-14(20)13(9-23)18-15(21)22-8-11(3)16/h10-13,23H,4-9H2,1-3H3,(H,17,20)(H,18,21)/t11?,13-/m0/s1. The molecule has 1 fully saturated rings. The van der Waals surface area contributed by atoms with Crippen LogP contribution in [0.4, 0.5) is 4.79 Å². The van der Waals surface area contributed by atoms with Crippen molar-refractivity contribution in [2.24, 2.45) is 0 Å². The van der Waals surface area contributed by atoms with E-state index in [4.69, 9.17) is 4.74 Å². The predicted octanol–water partition coefficient (Wildman–Crippen LogP) is 1.82. The minimum absolute atomic E-state index is 0.159. The van der Waals surface area contributed by atoms with Crippen molar-refractivity contribution < 1.29 is 14.3 Å². The third-order valence-corrected chi connectivity index (χ3v) is 4.57. The highest BCUT2D eigenvalue weighted by atomic mass is 127. The third kappa shape index (κ3) is 7.93. The second-order valence-corrected chi connectivity index (χ2v) is 8.66. The fourth-order valence-electron chi connectivity index (χ4n) is 2.43. The number of rotatable bonds is 7. The topological polar surface area (TPSA) is 70.7 Å². The van der Waals surface area contributed by atoms with E-state index in [1.165, 1.54) is 0 Å². The summed E-state index contributed by atoms with van der Waals surface area (Å²) in [6.07, 6.45) is 1.29. The van der Waals surface area contributed by atoms with Crippen LogP contribution in [0, 0.1) is 0 Å². The first kappa shape index (κ1) is 20.8. The Labute approximate surface area is 158 Å². The summed E-state index contributed by atoms with van der Waals surface area (Å²) in [5.74, 6) is 0.0495. The highest BCUT2D eigenvalue weighted by Crippen LogP contribution is 2.13. The summed E-state index contributed by atoms with van der Waals surface area (Å²) in [6, 6.07) is 0.0270. The van der Waals surface area contributed by atoms with Gasteiger partial charge >= 0.3 is 6.09 Å². The van der Waals surface area contributed by atoms with Crippen LogP contribution in [-0.2, 0) is 9.53 Å². The predicted molar refractivity (Wildman–Crippen MR) is 103 cm³/mol. The summed E-state index contributed by atoms with van der Waals surface area (Å²) in [7, 11) is 0. The zero-order chi connectivity index (χ0) is 17.4. The van der Waals surface area contributed by atoms with Gasteiger partial charge < -0.3 is 20.3 Å². The third-order valence-electron chi connectivity index (χ3n) is 3.84. The first-order valence-electron chi connectivity index (χ1n) is 8.06. The first-order chi connectivity index (χ1) is 10.8. The Morgan fingerprint density at radius 2 is 1.91 bits per heavy atom. The molecule has 1 heterocycles. The molecular formula is C15H28IN3O3S. The van der Waals surface area contributed by atoms with Gasteiger partial charge in [0.05, 0.1) is 0 Å². The van der Waals surface area contributed by atoms with E-state index in [9.17, 15) is 9.59 Å². The van der Waals surface area contributed by atoms with Crippen molar-refractivity contribution in [3.05, 3.63) is 0 Å². The summed E-state index contributed by atoms with van der Waals surface area (Å²) < 4.78 is 5.27. The van der Waals surface area contributed by atoms with E-state index in [0.717, 1.165) is 25.9 Å². The van der Waals surface area contributed by atoms with Crippen molar-refractivity contribution in [2.75, 3.05) is 25.4 Å². The van der Waals surface area contributed by atoms with Gasteiger partial charge in [-0.25, -0.2) is 4.79 Å². The van der Waals surface area contributed by atoms with Crippen LogP contribution >= 0.6 is 35.2 Å². The molecule has 1 saturated heterocycles. The molecular weight excluding hydrogens is 429 g/mol. The molecule has 0 bridgehead atoms. The van der Waals surface area contributed by atoms with E-state index in [-0.39, 0.29) is 21.6 Å². The van der Waals surface area contributed by atoms with Crippen LogP contribution in [0.5, 0.6) is 0 Å². The Morgan fingerprint density at radius 1 is 1.30 bits per heavy atom. The Kier molecular flexibility index (Phi) is 9.60. The van der Waals surface area contributed by atoms with E-state index < -0.39 is 12.1 Å². The molecule has 0 aromatic heterocycles. The van der Waals surface area contributed by atoms with Gasteiger partial charge in [-0.1, -0.05) is 29.5 Å². The van der Waals surface area contributed by atoms with Crippen molar-refractivity contribution in [2.45, 2.75) is 55.7 Å². The summed E-state index contributed by atoms with van der Waals surface area (Å²) in [4.78, 5) is 26.4. The Balaban J connectivity index is 2.38. The van der Waals surface area contributed by atoms with E-state index in [1.54, 1.807) is 0 Å². The van der Waals surface area contributed by atoms with Crippen molar-refractivity contribution in [3.63, 3.8) is 0 Å². The Hall–Kier alpha value is -0.220. The molecule has 2 N–H and O–H groups in total. The van der Waals surface area contributed by atoms with Crippen LogP contribution in [-0.4, -0.2) is 64.4 Å². The number of piperidine rings is 1. The van der Waals surface area contributed by atoms with Crippen LogP contribution in [0.2, 0.25) is 0 Å². The van der Waals surface area contributed by atoms with Crippen molar-refractivity contribution in [1.29, 1.82) is 0 Å². The number of alkyl halides is 1. The van der Waals surface area contributed by atoms with Crippen molar-refractivity contribution in [3.8, 4) is 0 Å². The molecule has 8 heteroatoms. The minimum Gasteiger partial charge on any atom is -0.448 e.